The fraction of sp³-hybridized carbons (Fsp3) is 0.0870. The lowest BCUT2D eigenvalue weighted by Gasteiger charge is -2.29. The Bertz CT molecular complexity index is 1320. The summed E-state index contributed by atoms with van der Waals surface area (Å²) >= 11 is 6.57. The number of hydrogen-bond donors (Lipinski definition) is 2. The van der Waals surface area contributed by atoms with E-state index in [2.05, 4.69) is 25.6 Å². The van der Waals surface area contributed by atoms with Gasteiger partial charge in [0.1, 0.15) is 6.04 Å². The van der Waals surface area contributed by atoms with E-state index in [1.165, 1.54) is 0 Å². The lowest BCUT2D eigenvalue weighted by Crippen LogP contribution is -2.31. The Morgan fingerprint density at radius 3 is 2.56 bits per heavy atom. The third kappa shape index (κ3) is 3.61. The summed E-state index contributed by atoms with van der Waals surface area (Å²) in [5.41, 5.74) is 3.26. The number of fused-ring (bicyclic) bond motifs is 1. The van der Waals surface area contributed by atoms with Crippen molar-refractivity contribution >= 4 is 29.1 Å². The van der Waals surface area contributed by atoms with Crippen LogP contribution in [0.25, 0.3) is 11.4 Å². The fourth-order valence-electron chi connectivity index (χ4n) is 3.68. The highest BCUT2D eigenvalue weighted by molar-refractivity contribution is 6.31. The summed E-state index contributed by atoms with van der Waals surface area (Å²) in [7, 11) is 0. The number of halogens is 1. The van der Waals surface area contributed by atoms with E-state index in [0.29, 0.717) is 33.8 Å². The molecular weight excluding hydrogens is 426 g/mol. The van der Waals surface area contributed by atoms with Crippen LogP contribution >= 0.6 is 11.6 Å². The minimum atomic E-state index is -0.574. The smallest absolute Gasteiger partial charge is 0.255 e. The average Bonchev–Trinajstić information content (AvgIpc) is 3.23. The second-order valence-electron chi connectivity index (χ2n) is 7.23. The number of anilines is 2. The molecule has 8 nitrogen and oxygen atoms in total. The van der Waals surface area contributed by atoms with Crippen LogP contribution in [0.1, 0.15) is 18.5 Å². The van der Waals surface area contributed by atoms with Crippen molar-refractivity contribution in [2.75, 3.05) is 10.6 Å². The van der Waals surface area contributed by atoms with Crippen LogP contribution in [-0.2, 0) is 4.79 Å². The number of benzene rings is 1. The molecule has 0 radical (unpaired) electrons. The molecule has 4 heterocycles. The van der Waals surface area contributed by atoms with E-state index in [1.807, 2.05) is 37.3 Å². The van der Waals surface area contributed by atoms with Gasteiger partial charge in [-0.3, -0.25) is 14.8 Å². The first-order chi connectivity index (χ1) is 15.6. The predicted molar refractivity (Wildman–Crippen MR) is 122 cm³/mol. The largest absolute Gasteiger partial charge is 0.328 e. The summed E-state index contributed by atoms with van der Waals surface area (Å²) in [4.78, 5) is 26.3. The van der Waals surface area contributed by atoms with Gasteiger partial charge in [0.2, 0.25) is 5.95 Å². The zero-order valence-corrected chi connectivity index (χ0v) is 17.8. The number of rotatable bonds is 4. The Labute approximate surface area is 189 Å². The zero-order valence-electron chi connectivity index (χ0n) is 17.0. The number of hydrogen-bond acceptors (Lipinski definition) is 6. The molecule has 0 aliphatic carbocycles. The molecule has 0 bridgehead atoms. The van der Waals surface area contributed by atoms with E-state index in [4.69, 9.17) is 16.7 Å². The topological polar surface area (TPSA) is 97.6 Å². The molecule has 158 valence electrons. The van der Waals surface area contributed by atoms with Gasteiger partial charge in [0.25, 0.3) is 5.91 Å². The normalized spacial score (nSPS) is 15.1. The molecule has 32 heavy (non-hydrogen) atoms. The Morgan fingerprint density at radius 2 is 1.84 bits per heavy atom. The van der Waals surface area contributed by atoms with Crippen molar-refractivity contribution in [3.63, 3.8) is 0 Å². The van der Waals surface area contributed by atoms with E-state index in [-0.39, 0.29) is 5.91 Å². The predicted octanol–water partition coefficient (Wildman–Crippen LogP) is 4.32. The summed E-state index contributed by atoms with van der Waals surface area (Å²) in [6.45, 7) is 1.84. The van der Waals surface area contributed by atoms with Gasteiger partial charge in [0.05, 0.1) is 17.5 Å². The first-order valence-electron chi connectivity index (χ1n) is 9.92. The maximum atomic E-state index is 13.4. The highest BCUT2D eigenvalue weighted by atomic mass is 35.5. The van der Waals surface area contributed by atoms with Gasteiger partial charge < -0.3 is 10.6 Å². The number of pyridine rings is 2. The molecule has 1 aromatic carbocycles. The number of nitrogens with one attached hydrogen (secondary N) is 2. The lowest BCUT2D eigenvalue weighted by atomic mass is 9.95. The van der Waals surface area contributed by atoms with Crippen molar-refractivity contribution in [1.82, 2.24) is 24.7 Å². The molecule has 1 atom stereocenters. The highest BCUT2D eigenvalue weighted by Crippen LogP contribution is 2.39. The molecule has 2 N–H and O–H groups in total. The second-order valence-corrected chi connectivity index (χ2v) is 7.64. The second kappa shape index (κ2) is 8.24. The summed E-state index contributed by atoms with van der Waals surface area (Å²) in [6, 6.07) is 14.1. The van der Waals surface area contributed by atoms with Crippen LogP contribution in [0.3, 0.4) is 0 Å². The molecule has 4 aromatic rings. The van der Waals surface area contributed by atoms with Gasteiger partial charge in [-0.05, 0) is 37.3 Å². The van der Waals surface area contributed by atoms with Crippen LogP contribution in [0.15, 0.2) is 84.6 Å². The molecule has 3 aromatic heterocycles. The van der Waals surface area contributed by atoms with Gasteiger partial charge in [0.15, 0.2) is 5.82 Å². The molecule has 0 unspecified atom stereocenters. The van der Waals surface area contributed by atoms with Crippen LogP contribution in [0.5, 0.6) is 0 Å². The average molecular weight is 444 g/mol. The van der Waals surface area contributed by atoms with Crippen LogP contribution in [0.2, 0.25) is 5.02 Å². The van der Waals surface area contributed by atoms with Crippen molar-refractivity contribution in [2.24, 2.45) is 0 Å². The minimum Gasteiger partial charge on any atom is -0.328 e. The summed E-state index contributed by atoms with van der Waals surface area (Å²) in [5.74, 6) is 0.737. The molecule has 1 aliphatic heterocycles. The molecule has 1 aliphatic rings. The van der Waals surface area contributed by atoms with Gasteiger partial charge in [0, 0.05) is 40.4 Å². The molecule has 0 saturated heterocycles. The van der Waals surface area contributed by atoms with E-state index in [0.717, 1.165) is 11.1 Å². The van der Waals surface area contributed by atoms with E-state index >= 15 is 0 Å². The molecule has 0 spiro atoms. The van der Waals surface area contributed by atoms with Gasteiger partial charge in [-0.15, -0.1) is 5.10 Å². The Morgan fingerprint density at radius 1 is 1.06 bits per heavy atom. The number of allylic oxidation sites excluding steroid dienone is 1. The fourth-order valence-corrected chi connectivity index (χ4v) is 3.92. The molecule has 0 saturated carbocycles. The molecule has 5 rings (SSSR count). The van der Waals surface area contributed by atoms with Crippen molar-refractivity contribution in [2.45, 2.75) is 13.0 Å². The standard InChI is InChI=1S/C23H18ClN7O/c1-14-19(22(32)28-16-7-5-11-26-13-16)20(17-8-2-3-9-18(17)24)31-23(27-14)29-21(30-31)15-6-4-10-25-12-15/h2-13,20H,1H3,(H,28,32)(H,27,29,30)/t20-/m0/s1. The quantitative estimate of drug-likeness (QED) is 0.487. The highest BCUT2D eigenvalue weighted by Gasteiger charge is 2.35. The van der Waals surface area contributed by atoms with Crippen molar-refractivity contribution in [3.8, 4) is 11.4 Å². The maximum Gasteiger partial charge on any atom is 0.255 e. The molecular formula is C23H18ClN7O. The number of amides is 1. The van der Waals surface area contributed by atoms with Crippen molar-refractivity contribution in [1.29, 1.82) is 0 Å². The van der Waals surface area contributed by atoms with Crippen LogP contribution in [-0.4, -0.2) is 30.6 Å². The van der Waals surface area contributed by atoms with Gasteiger partial charge in [-0.1, -0.05) is 29.8 Å². The van der Waals surface area contributed by atoms with Crippen LogP contribution < -0.4 is 10.6 Å². The number of carbonyl (C=O) groups excluding carboxylic acids is 1. The summed E-state index contributed by atoms with van der Waals surface area (Å²) in [5, 5.41) is 11.4. The molecule has 9 heteroatoms. The Kier molecular flexibility index (Phi) is 5.12. The number of aromatic nitrogens is 5. The Hall–Kier alpha value is -4.04. The maximum absolute atomic E-state index is 13.4. The minimum absolute atomic E-state index is 0.281. The molecule has 1 amide bonds. The first-order valence-corrected chi connectivity index (χ1v) is 10.3. The van der Waals surface area contributed by atoms with Crippen LogP contribution in [0, 0.1) is 0 Å². The third-order valence-electron chi connectivity index (χ3n) is 5.14. The van der Waals surface area contributed by atoms with Crippen molar-refractivity contribution in [3.05, 3.63) is 95.2 Å². The van der Waals surface area contributed by atoms with Gasteiger partial charge >= 0.3 is 0 Å². The summed E-state index contributed by atoms with van der Waals surface area (Å²) in [6.07, 6.45) is 6.63. The SMILES string of the molecule is CC1=C(C(=O)Nc2cccnc2)[C@H](c2ccccc2Cl)n2nc(-c3cccnc3)nc2N1. The van der Waals surface area contributed by atoms with Crippen LogP contribution in [0.4, 0.5) is 11.6 Å². The zero-order chi connectivity index (χ0) is 22.1. The third-order valence-corrected chi connectivity index (χ3v) is 5.48. The van der Waals surface area contributed by atoms with Crippen molar-refractivity contribution < 1.29 is 4.79 Å². The number of nitrogens with zero attached hydrogens (tertiary/aromatic N) is 5. The molecule has 0 fully saturated rings. The van der Waals surface area contributed by atoms with E-state index < -0.39 is 6.04 Å². The van der Waals surface area contributed by atoms with Gasteiger partial charge in [-0.25, -0.2) is 4.68 Å². The summed E-state index contributed by atoms with van der Waals surface area (Å²) < 4.78 is 1.69. The Balaban J connectivity index is 1.63. The first kappa shape index (κ1) is 19.9. The van der Waals surface area contributed by atoms with Gasteiger partial charge in [-0.2, -0.15) is 4.98 Å². The monoisotopic (exact) mass is 443 g/mol. The lowest BCUT2D eigenvalue weighted by molar-refractivity contribution is -0.113. The van der Waals surface area contributed by atoms with E-state index in [1.54, 1.807) is 47.7 Å². The van der Waals surface area contributed by atoms with E-state index in [9.17, 15) is 4.79 Å². The number of carbonyl (C=O) groups is 1.